The minimum absolute atomic E-state index is 0.0431. The van der Waals surface area contributed by atoms with E-state index in [-0.39, 0.29) is 35.6 Å². The van der Waals surface area contributed by atoms with Crippen LogP contribution in [0.25, 0.3) is 0 Å². The van der Waals surface area contributed by atoms with Gasteiger partial charge in [-0.05, 0) is 61.4 Å². The highest BCUT2D eigenvalue weighted by molar-refractivity contribution is 6.07. The Kier molecular flexibility index (Phi) is 6.08. The number of para-hydroxylation sites is 2. The summed E-state index contributed by atoms with van der Waals surface area (Å²) < 4.78 is 13.4. The SMILES string of the molecule is CC(C)C(=O)N(c1ccccc1)[C@H]1C[C@@H](C)N(C(=O)c2ccc(F)cc2)c2ccccc21. The van der Waals surface area contributed by atoms with E-state index < -0.39 is 0 Å². The van der Waals surface area contributed by atoms with Crippen LogP contribution >= 0.6 is 0 Å². The molecule has 3 aromatic carbocycles. The van der Waals surface area contributed by atoms with Gasteiger partial charge in [-0.1, -0.05) is 50.2 Å². The third kappa shape index (κ3) is 4.03. The van der Waals surface area contributed by atoms with Crippen molar-refractivity contribution in [1.29, 1.82) is 0 Å². The first kappa shape index (κ1) is 21.8. The molecule has 164 valence electrons. The van der Waals surface area contributed by atoms with Gasteiger partial charge in [-0.2, -0.15) is 0 Å². The molecular formula is C27H27FN2O2. The fourth-order valence-corrected chi connectivity index (χ4v) is 4.39. The van der Waals surface area contributed by atoms with Crippen LogP contribution in [0.2, 0.25) is 0 Å². The van der Waals surface area contributed by atoms with Crippen molar-refractivity contribution in [3.63, 3.8) is 0 Å². The van der Waals surface area contributed by atoms with E-state index in [2.05, 4.69) is 0 Å². The molecule has 0 bridgehead atoms. The van der Waals surface area contributed by atoms with Gasteiger partial charge in [-0.3, -0.25) is 9.59 Å². The van der Waals surface area contributed by atoms with Crippen molar-refractivity contribution in [2.45, 2.75) is 39.3 Å². The number of fused-ring (bicyclic) bond motifs is 1. The maximum absolute atomic E-state index is 13.4. The number of rotatable bonds is 4. The molecule has 2 amide bonds. The average Bonchev–Trinajstić information content (AvgIpc) is 2.80. The van der Waals surface area contributed by atoms with Crippen LogP contribution in [0.4, 0.5) is 15.8 Å². The first-order valence-corrected chi connectivity index (χ1v) is 10.9. The van der Waals surface area contributed by atoms with E-state index in [0.29, 0.717) is 12.0 Å². The van der Waals surface area contributed by atoms with Gasteiger partial charge >= 0.3 is 0 Å². The van der Waals surface area contributed by atoms with E-state index in [1.54, 1.807) is 4.90 Å². The lowest BCUT2D eigenvalue weighted by Gasteiger charge is -2.44. The van der Waals surface area contributed by atoms with Crippen molar-refractivity contribution in [2.75, 3.05) is 9.80 Å². The van der Waals surface area contributed by atoms with E-state index in [1.165, 1.54) is 24.3 Å². The lowest BCUT2D eigenvalue weighted by molar-refractivity contribution is -0.122. The molecule has 4 rings (SSSR count). The van der Waals surface area contributed by atoms with Gasteiger partial charge in [0.15, 0.2) is 0 Å². The van der Waals surface area contributed by atoms with Crippen molar-refractivity contribution in [3.8, 4) is 0 Å². The fraction of sp³-hybridized carbons (Fsp3) is 0.259. The maximum Gasteiger partial charge on any atom is 0.258 e. The first-order valence-electron chi connectivity index (χ1n) is 10.9. The molecule has 0 fully saturated rings. The van der Waals surface area contributed by atoms with Gasteiger partial charge in [-0.15, -0.1) is 0 Å². The Morgan fingerprint density at radius 3 is 2.22 bits per heavy atom. The van der Waals surface area contributed by atoms with Crippen LogP contribution in [0.5, 0.6) is 0 Å². The largest absolute Gasteiger partial charge is 0.305 e. The second-order valence-corrected chi connectivity index (χ2v) is 8.54. The summed E-state index contributed by atoms with van der Waals surface area (Å²) in [5.41, 5.74) is 2.99. The Bertz CT molecular complexity index is 1110. The highest BCUT2D eigenvalue weighted by Gasteiger charge is 2.39. The van der Waals surface area contributed by atoms with E-state index in [4.69, 9.17) is 0 Å². The molecule has 0 aromatic heterocycles. The number of carbonyl (C=O) groups excluding carboxylic acids is 2. The molecule has 1 heterocycles. The minimum atomic E-state index is -0.376. The summed E-state index contributed by atoms with van der Waals surface area (Å²) in [6, 6.07) is 22.7. The van der Waals surface area contributed by atoms with Crippen molar-refractivity contribution in [3.05, 3.63) is 95.8 Å². The number of halogens is 1. The Balaban J connectivity index is 1.79. The maximum atomic E-state index is 13.4. The lowest BCUT2D eigenvalue weighted by atomic mass is 9.89. The van der Waals surface area contributed by atoms with E-state index in [1.807, 2.05) is 80.3 Å². The fourth-order valence-electron chi connectivity index (χ4n) is 4.39. The molecule has 0 saturated heterocycles. The summed E-state index contributed by atoms with van der Waals surface area (Å²) in [4.78, 5) is 30.4. The monoisotopic (exact) mass is 430 g/mol. The van der Waals surface area contributed by atoms with Crippen LogP contribution in [0.1, 0.15) is 49.2 Å². The number of anilines is 2. The highest BCUT2D eigenvalue weighted by atomic mass is 19.1. The average molecular weight is 431 g/mol. The van der Waals surface area contributed by atoms with Crippen LogP contribution in [0.3, 0.4) is 0 Å². The van der Waals surface area contributed by atoms with Gasteiger partial charge < -0.3 is 9.80 Å². The molecule has 4 nitrogen and oxygen atoms in total. The van der Waals surface area contributed by atoms with E-state index in [0.717, 1.165) is 16.9 Å². The molecule has 3 aromatic rings. The smallest absolute Gasteiger partial charge is 0.258 e. The quantitative estimate of drug-likeness (QED) is 0.510. The van der Waals surface area contributed by atoms with Gasteiger partial charge in [0.05, 0.1) is 6.04 Å². The summed E-state index contributed by atoms with van der Waals surface area (Å²) >= 11 is 0. The second kappa shape index (κ2) is 8.95. The number of nitrogens with zero attached hydrogens (tertiary/aromatic N) is 2. The Morgan fingerprint density at radius 2 is 1.56 bits per heavy atom. The number of carbonyl (C=O) groups is 2. The van der Waals surface area contributed by atoms with Crippen LogP contribution < -0.4 is 9.80 Å². The van der Waals surface area contributed by atoms with Crippen molar-refractivity contribution in [1.82, 2.24) is 0 Å². The highest BCUT2D eigenvalue weighted by Crippen LogP contribution is 2.43. The van der Waals surface area contributed by atoms with Crippen molar-refractivity contribution in [2.24, 2.45) is 5.92 Å². The van der Waals surface area contributed by atoms with Crippen LogP contribution in [0.15, 0.2) is 78.9 Å². The van der Waals surface area contributed by atoms with Crippen LogP contribution in [-0.4, -0.2) is 17.9 Å². The number of hydrogen-bond donors (Lipinski definition) is 0. The zero-order valence-corrected chi connectivity index (χ0v) is 18.5. The molecule has 0 spiro atoms. The molecule has 0 N–H and O–H groups in total. The summed E-state index contributed by atoms with van der Waals surface area (Å²) in [6.07, 6.45) is 0.595. The van der Waals surface area contributed by atoms with Gasteiger partial charge in [0.1, 0.15) is 5.82 Å². The third-order valence-corrected chi connectivity index (χ3v) is 5.95. The number of amides is 2. The van der Waals surface area contributed by atoms with E-state index in [9.17, 15) is 14.0 Å². The number of benzene rings is 3. The molecule has 1 aliphatic heterocycles. The summed E-state index contributed by atoms with van der Waals surface area (Å²) in [6.45, 7) is 5.80. The zero-order valence-electron chi connectivity index (χ0n) is 18.5. The summed E-state index contributed by atoms with van der Waals surface area (Å²) in [7, 11) is 0. The molecule has 1 aliphatic rings. The number of hydrogen-bond acceptors (Lipinski definition) is 2. The molecular weight excluding hydrogens is 403 g/mol. The standard InChI is InChI=1S/C27H27FN2O2/c1-18(2)26(31)30(22-9-5-4-6-10-22)25-17-19(3)29(24-12-8-7-11-23(24)25)27(32)20-13-15-21(28)16-14-20/h4-16,18-19,25H,17H2,1-3H3/t19-,25+/m1/s1. The molecule has 0 radical (unpaired) electrons. The molecule has 0 unspecified atom stereocenters. The van der Waals surface area contributed by atoms with Crippen LogP contribution in [-0.2, 0) is 4.79 Å². The molecule has 2 atom stereocenters. The van der Waals surface area contributed by atoms with Gasteiger partial charge in [-0.25, -0.2) is 4.39 Å². The van der Waals surface area contributed by atoms with Crippen LogP contribution in [0, 0.1) is 11.7 Å². The zero-order chi connectivity index (χ0) is 22.8. The Labute approximate surface area is 188 Å². The van der Waals surface area contributed by atoms with Crippen molar-refractivity contribution >= 4 is 23.2 Å². The minimum Gasteiger partial charge on any atom is -0.305 e. The normalized spacial score (nSPS) is 17.7. The van der Waals surface area contributed by atoms with Gasteiger partial charge in [0.25, 0.3) is 5.91 Å². The third-order valence-electron chi connectivity index (χ3n) is 5.95. The summed E-state index contributed by atoms with van der Waals surface area (Å²) in [5.74, 6) is -0.678. The molecule has 0 aliphatic carbocycles. The van der Waals surface area contributed by atoms with Gasteiger partial charge in [0.2, 0.25) is 5.91 Å². The molecule has 32 heavy (non-hydrogen) atoms. The lowest BCUT2D eigenvalue weighted by Crippen LogP contribution is -2.48. The predicted molar refractivity (Wildman–Crippen MR) is 125 cm³/mol. The molecule has 0 saturated carbocycles. The predicted octanol–water partition coefficient (Wildman–Crippen LogP) is 6.00. The van der Waals surface area contributed by atoms with Gasteiger partial charge in [0, 0.05) is 28.9 Å². The Morgan fingerprint density at radius 1 is 0.938 bits per heavy atom. The van der Waals surface area contributed by atoms with Crippen molar-refractivity contribution < 1.29 is 14.0 Å². The van der Waals surface area contributed by atoms with E-state index >= 15 is 0 Å². The summed E-state index contributed by atoms with van der Waals surface area (Å²) in [5, 5.41) is 0. The topological polar surface area (TPSA) is 40.6 Å². The molecule has 5 heteroatoms. The first-order chi connectivity index (χ1) is 15.4. The Hall–Kier alpha value is -3.47. The second-order valence-electron chi connectivity index (χ2n) is 8.54.